The second-order valence-corrected chi connectivity index (χ2v) is 3.99. The van der Waals surface area contributed by atoms with Crippen molar-refractivity contribution in [2.24, 2.45) is 0 Å². The Hall–Kier alpha value is -1.33. The van der Waals surface area contributed by atoms with E-state index in [0.717, 1.165) is 13.0 Å². The molecule has 0 N–H and O–H groups in total. The van der Waals surface area contributed by atoms with Crippen molar-refractivity contribution < 1.29 is 9.66 Å². The van der Waals surface area contributed by atoms with Crippen LogP contribution in [0.1, 0.15) is 6.42 Å². The van der Waals surface area contributed by atoms with E-state index in [4.69, 9.17) is 4.74 Å². The van der Waals surface area contributed by atoms with Gasteiger partial charge in [0.25, 0.3) is 5.69 Å². The molecule has 17 heavy (non-hydrogen) atoms. The monoisotopic (exact) mass is 258 g/mol. The Bertz CT molecular complexity index is 400. The van der Waals surface area contributed by atoms with Crippen molar-refractivity contribution in [2.45, 2.75) is 12.5 Å². The van der Waals surface area contributed by atoms with Gasteiger partial charge in [0, 0.05) is 12.1 Å². The normalized spacial score (nSPS) is 19.0. The van der Waals surface area contributed by atoms with E-state index in [1.54, 1.807) is 12.1 Å². The minimum absolute atomic E-state index is 0. The van der Waals surface area contributed by atoms with Crippen LogP contribution in [-0.4, -0.2) is 36.1 Å². The molecule has 0 aliphatic carbocycles. The van der Waals surface area contributed by atoms with Crippen LogP contribution < -0.4 is 4.74 Å². The minimum atomic E-state index is -0.414. The highest BCUT2D eigenvalue weighted by Gasteiger charge is 2.24. The number of likely N-dealkylation sites (tertiary alicyclic amines) is 1. The number of benzene rings is 1. The molecule has 1 aliphatic rings. The van der Waals surface area contributed by atoms with Crippen molar-refractivity contribution >= 4 is 18.1 Å². The fourth-order valence-corrected chi connectivity index (χ4v) is 1.66. The van der Waals surface area contributed by atoms with Crippen LogP contribution in [0.4, 0.5) is 5.69 Å². The Kier molecular flexibility index (Phi) is 4.72. The minimum Gasteiger partial charge on any atom is -0.492 e. The number of hydrogen-bond donors (Lipinski definition) is 0. The third-order valence-electron chi connectivity index (χ3n) is 2.91. The number of nitrogens with zero attached hydrogens (tertiary/aromatic N) is 2. The standard InChI is InChI=1S/C11H14N2O3.ClH/c1-12-6-5-10(12)8-16-11-4-2-3-9(7-11)13(14)15;/h2-4,7,10H,5-6,8H2,1H3;1H. The van der Waals surface area contributed by atoms with Crippen LogP contribution in [0.2, 0.25) is 0 Å². The molecule has 5 nitrogen and oxygen atoms in total. The van der Waals surface area contributed by atoms with Gasteiger partial charge >= 0.3 is 0 Å². The molecule has 1 atom stereocenters. The van der Waals surface area contributed by atoms with Crippen molar-refractivity contribution in [1.29, 1.82) is 0 Å². The summed E-state index contributed by atoms with van der Waals surface area (Å²) >= 11 is 0. The molecule has 1 saturated heterocycles. The molecule has 1 aliphatic heterocycles. The van der Waals surface area contributed by atoms with Crippen LogP contribution in [0.25, 0.3) is 0 Å². The summed E-state index contributed by atoms with van der Waals surface area (Å²) in [6, 6.07) is 6.74. The summed E-state index contributed by atoms with van der Waals surface area (Å²) in [6.45, 7) is 1.70. The fraction of sp³-hybridized carbons (Fsp3) is 0.455. The van der Waals surface area contributed by atoms with Crippen molar-refractivity contribution in [3.05, 3.63) is 34.4 Å². The zero-order valence-corrected chi connectivity index (χ0v) is 10.4. The van der Waals surface area contributed by atoms with Gasteiger partial charge < -0.3 is 4.74 Å². The molecule has 1 aromatic rings. The number of ether oxygens (including phenoxy) is 1. The van der Waals surface area contributed by atoms with E-state index in [0.29, 0.717) is 18.4 Å². The van der Waals surface area contributed by atoms with Crippen LogP contribution in [0.3, 0.4) is 0 Å². The fourth-order valence-electron chi connectivity index (χ4n) is 1.66. The van der Waals surface area contributed by atoms with Crippen molar-refractivity contribution in [2.75, 3.05) is 20.2 Å². The van der Waals surface area contributed by atoms with Gasteiger partial charge in [-0.15, -0.1) is 12.4 Å². The van der Waals surface area contributed by atoms with Crippen LogP contribution >= 0.6 is 12.4 Å². The highest BCUT2D eigenvalue weighted by atomic mass is 35.5. The molecule has 1 heterocycles. The van der Waals surface area contributed by atoms with E-state index >= 15 is 0 Å². The van der Waals surface area contributed by atoms with E-state index in [1.165, 1.54) is 12.1 Å². The smallest absolute Gasteiger partial charge is 0.273 e. The molecular formula is C11H15ClN2O3. The van der Waals surface area contributed by atoms with Gasteiger partial charge in [-0.05, 0) is 26.1 Å². The third kappa shape index (κ3) is 3.31. The lowest BCUT2D eigenvalue weighted by Crippen LogP contribution is -2.48. The van der Waals surface area contributed by atoms with Crippen LogP contribution in [0, 0.1) is 10.1 Å². The number of non-ortho nitro benzene ring substituents is 1. The SMILES string of the molecule is CN1CCC1COc1cccc([N+](=O)[O-])c1.Cl. The second-order valence-electron chi connectivity index (χ2n) is 3.99. The maximum atomic E-state index is 10.6. The van der Waals surface area contributed by atoms with Gasteiger partial charge in [-0.2, -0.15) is 0 Å². The quantitative estimate of drug-likeness (QED) is 0.613. The van der Waals surface area contributed by atoms with Gasteiger partial charge in [0.05, 0.1) is 11.0 Å². The first kappa shape index (κ1) is 13.7. The van der Waals surface area contributed by atoms with Gasteiger partial charge in [-0.1, -0.05) is 6.07 Å². The first-order chi connectivity index (χ1) is 7.66. The Morgan fingerprint density at radius 1 is 1.59 bits per heavy atom. The highest BCUT2D eigenvalue weighted by molar-refractivity contribution is 5.85. The summed E-state index contributed by atoms with van der Waals surface area (Å²) in [5.74, 6) is 0.564. The van der Waals surface area contributed by atoms with E-state index < -0.39 is 4.92 Å². The molecule has 0 amide bonds. The number of rotatable bonds is 4. The molecule has 1 fully saturated rings. The predicted octanol–water partition coefficient (Wildman–Crippen LogP) is 2.10. The van der Waals surface area contributed by atoms with Gasteiger partial charge in [-0.3, -0.25) is 15.0 Å². The lowest BCUT2D eigenvalue weighted by molar-refractivity contribution is -0.384. The lowest BCUT2D eigenvalue weighted by Gasteiger charge is -2.37. The summed E-state index contributed by atoms with van der Waals surface area (Å²) in [7, 11) is 2.05. The molecule has 2 rings (SSSR count). The van der Waals surface area contributed by atoms with Gasteiger partial charge in [0.2, 0.25) is 0 Å². The molecule has 94 valence electrons. The van der Waals surface area contributed by atoms with Crippen molar-refractivity contribution in [3.63, 3.8) is 0 Å². The molecule has 6 heteroatoms. The number of nitro benzene ring substituents is 1. The number of likely N-dealkylation sites (N-methyl/N-ethyl adjacent to an activating group) is 1. The topological polar surface area (TPSA) is 55.6 Å². The van der Waals surface area contributed by atoms with E-state index in [1.807, 2.05) is 7.05 Å². The molecule has 0 aromatic heterocycles. The molecule has 0 spiro atoms. The van der Waals surface area contributed by atoms with Crippen LogP contribution in [-0.2, 0) is 0 Å². The van der Waals surface area contributed by atoms with Gasteiger partial charge in [0.15, 0.2) is 0 Å². The second kappa shape index (κ2) is 5.84. The zero-order valence-electron chi connectivity index (χ0n) is 9.54. The third-order valence-corrected chi connectivity index (χ3v) is 2.91. The Balaban J connectivity index is 0.00000144. The van der Waals surface area contributed by atoms with Crippen molar-refractivity contribution in [3.8, 4) is 5.75 Å². The summed E-state index contributed by atoms with van der Waals surface area (Å²) in [5.41, 5.74) is 0.0689. The van der Waals surface area contributed by atoms with E-state index in [9.17, 15) is 10.1 Å². The Labute approximate surface area is 106 Å². The lowest BCUT2D eigenvalue weighted by atomic mass is 10.1. The molecule has 0 saturated carbocycles. The maximum Gasteiger partial charge on any atom is 0.273 e. The van der Waals surface area contributed by atoms with Crippen LogP contribution in [0.5, 0.6) is 5.75 Å². The highest BCUT2D eigenvalue weighted by Crippen LogP contribution is 2.21. The first-order valence-corrected chi connectivity index (χ1v) is 5.24. The average molecular weight is 259 g/mol. The van der Waals surface area contributed by atoms with Gasteiger partial charge in [-0.25, -0.2) is 0 Å². The summed E-state index contributed by atoms with van der Waals surface area (Å²) in [4.78, 5) is 12.3. The molecule has 1 unspecified atom stereocenters. The summed E-state index contributed by atoms with van der Waals surface area (Å²) < 4.78 is 5.53. The zero-order chi connectivity index (χ0) is 11.5. The maximum absolute atomic E-state index is 10.6. The molecule has 0 radical (unpaired) electrons. The number of hydrogen-bond acceptors (Lipinski definition) is 4. The number of halogens is 1. The number of nitro groups is 1. The Morgan fingerprint density at radius 3 is 2.88 bits per heavy atom. The molecule has 0 bridgehead atoms. The largest absolute Gasteiger partial charge is 0.492 e. The summed E-state index contributed by atoms with van der Waals surface area (Å²) in [5, 5.41) is 10.6. The van der Waals surface area contributed by atoms with Crippen molar-refractivity contribution in [1.82, 2.24) is 4.90 Å². The molecular weight excluding hydrogens is 244 g/mol. The van der Waals surface area contributed by atoms with E-state index in [-0.39, 0.29) is 18.1 Å². The average Bonchev–Trinajstić information content (AvgIpc) is 2.27. The summed E-state index contributed by atoms with van der Waals surface area (Å²) in [6.07, 6.45) is 1.13. The first-order valence-electron chi connectivity index (χ1n) is 5.24. The van der Waals surface area contributed by atoms with Gasteiger partial charge in [0.1, 0.15) is 12.4 Å². The molecule has 1 aromatic carbocycles. The van der Waals surface area contributed by atoms with E-state index in [2.05, 4.69) is 4.90 Å². The predicted molar refractivity (Wildman–Crippen MR) is 66.9 cm³/mol. The Morgan fingerprint density at radius 2 is 2.35 bits per heavy atom. The van der Waals surface area contributed by atoms with Crippen LogP contribution in [0.15, 0.2) is 24.3 Å².